The molecular weight excluding hydrogens is 302 g/mol. The first-order valence-corrected chi connectivity index (χ1v) is 8.00. The average molecular weight is 318 g/mol. The number of carbonyl (C=O) groups excluding carboxylic acids is 1. The number of benzene rings is 1. The molecule has 5 nitrogen and oxygen atoms in total. The molecule has 0 unspecified atom stereocenters. The van der Waals surface area contributed by atoms with Gasteiger partial charge in [0.05, 0.1) is 10.8 Å². The molecule has 2 N–H and O–H groups in total. The SMILES string of the molecule is C[C@@H]1CNC[C@H]1C(=O)Nc1ccc(S(=O)(=O)C(F)F)cc1. The lowest BCUT2D eigenvalue weighted by molar-refractivity contribution is -0.120. The first-order valence-electron chi connectivity index (χ1n) is 6.46. The second-order valence-corrected chi connectivity index (χ2v) is 6.98. The van der Waals surface area contributed by atoms with E-state index in [0.29, 0.717) is 12.2 Å². The summed E-state index contributed by atoms with van der Waals surface area (Å²) in [4.78, 5) is 11.6. The molecule has 1 aromatic carbocycles. The van der Waals surface area contributed by atoms with Crippen LogP contribution < -0.4 is 10.6 Å². The van der Waals surface area contributed by atoms with Crippen molar-refractivity contribution in [3.8, 4) is 0 Å². The summed E-state index contributed by atoms with van der Waals surface area (Å²) in [7, 11) is -4.60. The van der Waals surface area contributed by atoms with Crippen molar-refractivity contribution in [2.75, 3.05) is 18.4 Å². The topological polar surface area (TPSA) is 75.3 Å². The van der Waals surface area contributed by atoms with Gasteiger partial charge in [0.15, 0.2) is 0 Å². The number of anilines is 1. The van der Waals surface area contributed by atoms with Crippen LogP contribution >= 0.6 is 0 Å². The minimum absolute atomic E-state index is 0.158. The van der Waals surface area contributed by atoms with E-state index in [4.69, 9.17) is 0 Å². The minimum atomic E-state index is -4.60. The molecule has 2 rings (SSSR count). The Kier molecular flexibility index (Phi) is 4.58. The quantitative estimate of drug-likeness (QED) is 0.882. The van der Waals surface area contributed by atoms with Crippen LogP contribution in [0.4, 0.5) is 14.5 Å². The van der Waals surface area contributed by atoms with Crippen molar-refractivity contribution < 1.29 is 22.0 Å². The maximum atomic E-state index is 12.4. The van der Waals surface area contributed by atoms with E-state index in [1.807, 2.05) is 6.92 Å². The molecule has 0 aliphatic carbocycles. The number of hydrogen-bond acceptors (Lipinski definition) is 4. The van der Waals surface area contributed by atoms with Crippen LogP contribution in [0.25, 0.3) is 0 Å². The molecule has 0 aromatic heterocycles. The standard InChI is InChI=1S/C13H16F2N2O3S/c1-8-6-16-7-11(8)12(18)17-9-2-4-10(5-3-9)21(19,20)13(14)15/h2-5,8,11,13,16H,6-7H2,1H3,(H,17,18)/t8-,11-/m1/s1. The van der Waals surface area contributed by atoms with Gasteiger partial charge in [-0.15, -0.1) is 0 Å². The zero-order valence-corrected chi connectivity index (χ0v) is 12.2. The second kappa shape index (κ2) is 6.07. The summed E-state index contributed by atoms with van der Waals surface area (Å²) in [6, 6.07) is 4.74. The van der Waals surface area contributed by atoms with Gasteiger partial charge in [-0.05, 0) is 36.7 Å². The summed E-state index contributed by atoms with van der Waals surface area (Å²) in [6.07, 6.45) is 0. The van der Waals surface area contributed by atoms with E-state index in [1.165, 1.54) is 12.1 Å². The van der Waals surface area contributed by atoms with E-state index in [-0.39, 0.29) is 17.7 Å². The highest BCUT2D eigenvalue weighted by Crippen LogP contribution is 2.22. The number of amides is 1. The Morgan fingerprint density at radius 2 is 1.90 bits per heavy atom. The number of alkyl halides is 2. The maximum Gasteiger partial charge on any atom is 0.341 e. The van der Waals surface area contributed by atoms with Crippen LogP contribution in [0.2, 0.25) is 0 Å². The highest BCUT2D eigenvalue weighted by molar-refractivity contribution is 7.91. The second-order valence-electron chi connectivity index (χ2n) is 5.06. The molecule has 1 aliphatic rings. The van der Waals surface area contributed by atoms with E-state index in [2.05, 4.69) is 10.6 Å². The minimum Gasteiger partial charge on any atom is -0.326 e. The lowest BCUT2D eigenvalue weighted by atomic mass is 9.97. The fourth-order valence-electron chi connectivity index (χ4n) is 2.23. The fourth-order valence-corrected chi connectivity index (χ4v) is 2.95. The molecule has 116 valence electrons. The molecule has 1 aromatic rings. The van der Waals surface area contributed by atoms with E-state index in [9.17, 15) is 22.0 Å². The number of nitrogens with one attached hydrogen (secondary N) is 2. The Morgan fingerprint density at radius 1 is 1.29 bits per heavy atom. The molecule has 1 saturated heterocycles. The van der Waals surface area contributed by atoms with Crippen molar-refractivity contribution in [1.29, 1.82) is 0 Å². The fraction of sp³-hybridized carbons (Fsp3) is 0.462. The van der Waals surface area contributed by atoms with Crippen LogP contribution in [0.5, 0.6) is 0 Å². The van der Waals surface area contributed by atoms with Crippen molar-refractivity contribution in [3.63, 3.8) is 0 Å². The normalized spacial score (nSPS) is 22.5. The summed E-state index contributed by atoms with van der Waals surface area (Å²) in [6.45, 7) is 3.32. The molecule has 8 heteroatoms. The third-order valence-electron chi connectivity index (χ3n) is 3.54. The van der Waals surface area contributed by atoms with Gasteiger partial charge in [-0.25, -0.2) is 8.42 Å². The number of carbonyl (C=O) groups is 1. The molecular formula is C13H16F2N2O3S. The van der Waals surface area contributed by atoms with Crippen LogP contribution in [0.3, 0.4) is 0 Å². The molecule has 0 radical (unpaired) electrons. The Hall–Kier alpha value is -1.54. The molecule has 21 heavy (non-hydrogen) atoms. The summed E-state index contributed by atoms with van der Waals surface area (Å²) < 4.78 is 47.3. The van der Waals surface area contributed by atoms with Gasteiger partial charge < -0.3 is 10.6 Å². The highest BCUT2D eigenvalue weighted by Gasteiger charge is 2.30. The highest BCUT2D eigenvalue weighted by atomic mass is 32.2. The van der Waals surface area contributed by atoms with Crippen LogP contribution in [-0.2, 0) is 14.6 Å². The summed E-state index contributed by atoms with van der Waals surface area (Å²) >= 11 is 0. The van der Waals surface area contributed by atoms with Crippen molar-refractivity contribution in [1.82, 2.24) is 5.32 Å². The Balaban J connectivity index is 2.08. The van der Waals surface area contributed by atoms with Gasteiger partial charge >= 0.3 is 5.76 Å². The first-order chi connectivity index (χ1) is 9.82. The summed E-state index contributed by atoms with van der Waals surface area (Å²) in [5.41, 5.74) is 0.382. The van der Waals surface area contributed by atoms with Gasteiger partial charge in [-0.2, -0.15) is 8.78 Å². The third kappa shape index (κ3) is 3.38. The zero-order chi connectivity index (χ0) is 15.6. The van der Waals surface area contributed by atoms with Crippen molar-refractivity contribution in [2.45, 2.75) is 17.6 Å². The Bertz CT molecular complexity index is 617. The molecule has 1 amide bonds. The molecule has 1 aliphatic heterocycles. The van der Waals surface area contributed by atoms with Gasteiger partial charge in [0, 0.05) is 12.2 Å². The van der Waals surface area contributed by atoms with E-state index in [1.54, 1.807) is 0 Å². The number of sulfone groups is 1. The smallest absolute Gasteiger partial charge is 0.326 e. The lowest BCUT2D eigenvalue weighted by Crippen LogP contribution is -2.27. The third-order valence-corrected chi connectivity index (χ3v) is 4.94. The van der Waals surface area contributed by atoms with E-state index >= 15 is 0 Å². The molecule has 1 fully saturated rings. The maximum absolute atomic E-state index is 12.4. The first kappa shape index (κ1) is 15.8. The number of hydrogen-bond donors (Lipinski definition) is 2. The van der Waals surface area contributed by atoms with Crippen LogP contribution in [-0.4, -0.2) is 33.2 Å². The van der Waals surface area contributed by atoms with Crippen LogP contribution in [0.15, 0.2) is 29.2 Å². The van der Waals surface area contributed by atoms with Gasteiger partial charge in [0.2, 0.25) is 15.7 Å². The monoisotopic (exact) mass is 318 g/mol. The van der Waals surface area contributed by atoms with Crippen LogP contribution in [0.1, 0.15) is 6.92 Å². The largest absolute Gasteiger partial charge is 0.341 e. The predicted molar refractivity (Wildman–Crippen MR) is 73.8 cm³/mol. The Morgan fingerprint density at radius 3 is 2.38 bits per heavy atom. The molecule has 0 saturated carbocycles. The van der Waals surface area contributed by atoms with E-state index < -0.39 is 20.5 Å². The van der Waals surface area contributed by atoms with Gasteiger partial charge in [-0.3, -0.25) is 4.79 Å². The van der Waals surface area contributed by atoms with Crippen molar-refractivity contribution in [2.24, 2.45) is 11.8 Å². The molecule has 0 spiro atoms. The molecule has 2 atom stereocenters. The van der Waals surface area contributed by atoms with Crippen molar-refractivity contribution in [3.05, 3.63) is 24.3 Å². The van der Waals surface area contributed by atoms with Crippen LogP contribution in [0, 0.1) is 11.8 Å². The van der Waals surface area contributed by atoms with Gasteiger partial charge in [-0.1, -0.05) is 6.92 Å². The van der Waals surface area contributed by atoms with Crippen molar-refractivity contribution >= 4 is 21.4 Å². The number of halogens is 2. The summed E-state index contributed by atoms with van der Waals surface area (Å²) in [5.74, 6) is -3.57. The van der Waals surface area contributed by atoms with Gasteiger partial charge in [0.1, 0.15) is 0 Å². The number of rotatable bonds is 4. The van der Waals surface area contributed by atoms with E-state index in [0.717, 1.165) is 18.7 Å². The summed E-state index contributed by atoms with van der Waals surface area (Å²) in [5, 5.41) is 5.77. The predicted octanol–water partition coefficient (Wildman–Crippen LogP) is 1.48. The van der Waals surface area contributed by atoms with Gasteiger partial charge in [0.25, 0.3) is 0 Å². The zero-order valence-electron chi connectivity index (χ0n) is 11.3. The molecule has 1 heterocycles. The lowest BCUT2D eigenvalue weighted by Gasteiger charge is -2.14. The average Bonchev–Trinajstić information content (AvgIpc) is 2.85. The molecule has 0 bridgehead atoms. The Labute approximate surface area is 121 Å².